The molecule has 0 saturated heterocycles. The molecule has 0 N–H and O–H groups in total. The van der Waals surface area contributed by atoms with Crippen LogP contribution in [0.15, 0.2) is 120 Å². The maximum Gasteiger partial charge on any atom is 0.193 e. The lowest BCUT2D eigenvalue weighted by molar-refractivity contribution is -0.113. The van der Waals surface area contributed by atoms with E-state index in [2.05, 4.69) is 62.3 Å². The summed E-state index contributed by atoms with van der Waals surface area (Å²) in [5.41, 5.74) is 10.2. The Balaban J connectivity index is 1.64. The zero-order chi connectivity index (χ0) is 27.4. The molecule has 0 radical (unpaired) electrons. The Morgan fingerprint density at radius 2 is 1.82 bits per heavy atom. The Hall–Kier alpha value is -4.50. The van der Waals surface area contributed by atoms with E-state index in [0.29, 0.717) is 17.6 Å². The lowest BCUT2D eigenvalue weighted by Crippen LogP contribution is -2.19. The largest absolute Gasteiger partial charge is 0.344 e. The van der Waals surface area contributed by atoms with Crippen LogP contribution in [0.2, 0.25) is 0 Å². The first kappa shape index (κ1) is 26.6. The van der Waals surface area contributed by atoms with Crippen molar-refractivity contribution < 1.29 is 9.59 Å². The smallest absolute Gasteiger partial charge is 0.193 e. The van der Waals surface area contributed by atoms with Crippen LogP contribution < -0.4 is 4.90 Å². The highest BCUT2D eigenvalue weighted by Crippen LogP contribution is 2.38. The van der Waals surface area contributed by atoms with Crippen molar-refractivity contribution in [3.8, 4) is 0 Å². The predicted octanol–water partition coefficient (Wildman–Crippen LogP) is 7.99. The van der Waals surface area contributed by atoms with Gasteiger partial charge >= 0.3 is 0 Å². The van der Waals surface area contributed by atoms with E-state index in [1.54, 1.807) is 13.0 Å². The Kier molecular flexibility index (Phi) is 7.87. The van der Waals surface area contributed by atoms with E-state index in [9.17, 15) is 9.59 Å². The zero-order valence-electron chi connectivity index (χ0n) is 22.5. The molecule has 2 aliphatic rings. The van der Waals surface area contributed by atoms with Gasteiger partial charge in [-0.2, -0.15) is 0 Å². The zero-order valence-corrected chi connectivity index (χ0v) is 22.5. The number of anilines is 1. The summed E-state index contributed by atoms with van der Waals surface area (Å²) in [5, 5.41) is 0. The van der Waals surface area contributed by atoms with E-state index in [0.717, 1.165) is 44.8 Å². The number of Topliss-reactive ketones (excluding diaryl/α,β-unsaturated/α-hetero) is 1. The van der Waals surface area contributed by atoms with Crippen LogP contribution >= 0.6 is 0 Å². The highest BCUT2D eigenvalue weighted by Gasteiger charge is 2.29. The van der Waals surface area contributed by atoms with Gasteiger partial charge in [0.1, 0.15) is 0 Å². The first-order valence-corrected chi connectivity index (χ1v) is 12.8. The van der Waals surface area contributed by atoms with Crippen molar-refractivity contribution in [3.63, 3.8) is 0 Å². The van der Waals surface area contributed by atoms with Crippen molar-refractivity contribution in [2.24, 2.45) is 0 Å². The highest BCUT2D eigenvalue weighted by molar-refractivity contribution is 6.18. The minimum atomic E-state index is -0.0520. The Morgan fingerprint density at radius 3 is 2.53 bits per heavy atom. The Morgan fingerprint density at radius 1 is 1.05 bits per heavy atom. The molecule has 3 heteroatoms. The number of likely N-dealkylation sites (N-methyl/N-ethyl adjacent to an activating group) is 1. The van der Waals surface area contributed by atoms with Crippen LogP contribution in [0.5, 0.6) is 0 Å². The van der Waals surface area contributed by atoms with E-state index >= 15 is 0 Å². The second kappa shape index (κ2) is 11.3. The number of carbonyl (C=O) groups is 2. The number of hydrogen-bond acceptors (Lipinski definition) is 3. The van der Waals surface area contributed by atoms with E-state index < -0.39 is 0 Å². The van der Waals surface area contributed by atoms with Crippen molar-refractivity contribution in [3.05, 3.63) is 142 Å². The fraction of sp³-hybridized carbons (Fsp3) is 0.143. The number of aryl methyl sites for hydroxylation is 1. The lowest BCUT2D eigenvalue weighted by atomic mass is 9.99. The maximum atomic E-state index is 13.3. The van der Waals surface area contributed by atoms with Crippen molar-refractivity contribution in [2.75, 3.05) is 11.9 Å². The standard InChI is InChI=1S/C35H33NO2/c1-7-31-32(22-30-18-17-29-21-27(14-13-25(4)37)15-19-34(29)36(30)6)26(5)35(38)33(31)20-23(2)12-16-28-11-9-8-10-24(28)3/h8-22H,2,5,7H2,1,3-4,6H3/b14-13+,16-12-,30-22+,33-20-. The lowest BCUT2D eigenvalue weighted by Gasteiger charge is -2.27. The molecule has 0 bridgehead atoms. The number of benzene rings is 2. The fourth-order valence-corrected chi connectivity index (χ4v) is 4.71. The Bertz CT molecular complexity index is 1540. The van der Waals surface area contributed by atoms with Crippen LogP contribution in [-0.4, -0.2) is 18.6 Å². The van der Waals surface area contributed by atoms with Gasteiger partial charge in [0.25, 0.3) is 0 Å². The summed E-state index contributed by atoms with van der Waals surface area (Å²) in [6.07, 6.45) is 16.1. The van der Waals surface area contributed by atoms with Crippen molar-refractivity contribution in [1.82, 2.24) is 0 Å². The molecule has 0 amide bonds. The van der Waals surface area contributed by atoms with Gasteiger partial charge in [-0.1, -0.05) is 74.7 Å². The molecule has 0 atom stereocenters. The third-order valence-electron chi connectivity index (χ3n) is 6.88. The van der Waals surface area contributed by atoms with E-state index in [1.807, 2.05) is 61.7 Å². The number of hydrogen-bond donors (Lipinski definition) is 0. The molecule has 0 aromatic heterocycles. The van der Waals surface area contributed by atoms with Gasteiger partial charge in [-0.3, -0.25) is 9.59 Å². The molecule has 3 nitrogen and oxygen atoms in total. The van der Waals surface area contributed by atoms with Gasteiger partial charge in [-0.05, 0) is 95.7 Å². The number of rotatable bonds is 7. The van der Waals surface area contributed by atoms with E-state index in [1.165, 1.54) is 5.56 Å². The molecular formula is C35H33NO2. The van der Waals surface area contributed by atoms with Crippen LogP contribution in [0.4, 0.5) is 5.69 Å². The molecule has 2 aromatic carbocycles. The molecule has 38 heavy (non-hydrogen) atoms. The van der Waals surface area contributed by atoms with Gasteiger partial charge in [0.15, 0.2) is 11.6 Å². The van der Waals surface area contributed by atoms with Crippen molar-refractivity contribution >= 4 is 35.5 Å². The van der Waals surface area contributed by atoms with Gasteiger partial charge in [-0.15, -0.1) is 0 Å². The summed E-state index contributed by atoms with van der Waals surface area (Å²) in [4.78, 5) is 26.6. The first-order valence-electron chi connectivity index (χ1n) is 12.8. The SMILES string of the molecule is C=C(/C=C\c1ccccc1C)/C=C1\C(=O)C(=C)C(/C=C2\C=Cc3cc(/C=C/C(C)=O)ccc3N2C)=C1CC. The number of carbonyl (C=O) groups excluding carboxylic acids is 2. The molecule has 1 aliphatic heterocycles. The molecule has 1 aliphatic carbocycles. The normalized spacial score (nSPS) is 17.5. The summed E-state index contributed by atoms with van der Waals surface area (Å²) in [5.74, 6) is -0.0323. The summed E-state index contributed by atoms with van der Waals surface area (Å²) in [6, 6.07) is 14.3. The molecule has 0 fully saturated rings. The van der Waals surface area contributed by atoms with Crippen LogP contribution in [0, 0.1) is 6.92 Å². The van der Waals surface area contributed by atoms with Crippen LogP contribution in [0.1, 0.15) is 42.5 Å². The second-order valence-corrected chi connectivity index (χ2v) is 9.60. The third kappa shape index (κ3) is 5.57. The second-order valence-electron chi connectivity index (χ2n) is 9.60. The predicted molar refractivity (Wildman–Crippen MR) is 161 cm³/mol. The minimum absolute atomic E-state index is 0.0197. The topological polar surface area (TPSA) is 37.4 Å². The molecule has 4 rings (SSSR count). The van der Waals surface area contributed by atoms with Gasteiger partial charge in [0.2, 0.25) is 0 Å². The number of allylic oxidation sites excluding steroid dienone is 10. The quantitative estimate of drug-likeness (QED) is 0.286. The highest BCUT2D eigenvalue weighted by atomic mass is 16.1. The van der Waals surface area contributed by atoms with E-state index in [4.69, 9.17) is 0 Å². The number of fused-ring (bicyclic) bond motifs is 1. The number of ketones is 2. The Labute approximate surface area is 225 Å². The molecular weight excluding hydrogens is 466 g/mol. The van der Waals surface area contributed by atoms with Gasteiger partial charge in [0, 0.05) is 29.6 Å². The number of nitrogens with zero attached hydrogens (tertiary/aromatic N) is 1. The third-order valence-corrected chi connectivity index (χ3v) is 6.88. The maximum absolute atomic E-state index is 13.3. The molecule has 2 aromatic rings. The average Bonchev–Trinajstić information content (AvgIpc) is 3.12. The molecule has 1 heterocycles. The summed E-state index contributed by atoms with van der Waals surface area (Å²) >= 11 is 0. The molecule has 0 saturated carbocycles. The summed E-state index contributed by atoms with van der Waals surface area (Å²) in [6.45, 7) is 14.0. The van der Waals surface area contributed by atoms with Crippen LogP contribution in [0.25, 0.3) is 18.2 Å². The van der Waals surface area contributed by atoms with Gasteiger partial charge in [0.05, 0.1) is 0 Å². The monoisotopic (exact) mass is 499 g/mol. The van der Waals surface area contributed by atoms with Gasteiger partial charge in [-0.25, -0.2) is 0 Å². The molecule has 0 unspecified atom stereocenters. The van der Waals surface area contributed by atoms with E-state index in [-0.39, 0.29) is 11.6 Å². The van der Waals surface area contributed by atoms with Gasteiger partial charge < -0.3 is 4.90 Å². The van der Waals surface area contributed by atoms with Crippen LogP contribution in [-0.2, 0) is 9.59 Å². The summed E-state index contributed by atoms with van der Waals surface area (Å²) in [7, 11) is 2.01. The van der Waals surface area contributed by atoms with Crippen molar-refractivity contribution in [2.45, 2.75) is 27.2 Å². The molecule has 190 valence electrons. The molecule has 0 spiro atoms. The van der Waals surface area contributed by atoms with Crippen molar-refractivity contribution in [1.29, 1.82) is 0 Å². The average molecular weight is 500 g/mol. The minimum Gasteiger partial charge on any atom is -0.344 e. The van der Waals surface area contributed by atoms with Crippen LogP contribution in [0.3, 0.4) is 0 Å². The first-order chi connectivity index (χ1) is 18.2. The fourth-order valence-electron chi connectivity index (χ4n) is 4.71. The summed E-state index contributed by atoms with van der Waals surface area (Å²) < 4.78 is 0.